The molecule has 2 rings (SSSR count). The highest BCUT2D eigenvalue weighted by Gasteiger charge is 2.09. The normalized spacial score (nSPS) is 10.9. The summed E-state index contributed by atoms with van der Waals surface area (Å²) in [7, 11) is 2.96. The molecule has 0 saturated heterocycles. The Hall–Kier alpha value is -3.81. The molecule has 0 aliphatic rings. The van der Waals surface area contributed by atoms with Gasteiger partial charge < -0.3 is 18.9 Å². The summed E-state index contributed by atoms with van der Waals surface area (Å²) >= 11 is 0. The highest BCUT2D eigenvalue weighted by molar-refractivity contribution is 5.89. The second-order valence-electron chi connectivity index (χ2n) is 6.02. The maximum Gasteiger partial charge on any atom is 0.336 e. The van der Waals surface area contributed by atoms with Gasteiger partial charge in [-0.25, -0.2) is 4.79 Å². The highest BCUT2D eigenvalue weighted by Crippen LogP contribution is 2.30. The van der Waals surface area contributed by atoms with Crippen molar-refractivity contribution in [1.29, 1.82) is 0 Å². The maximum absolute atomic E-state index is 12.2. The van der Waals surface area contributed by atoms with Gasteiger partial charge >= 0.3 is 5.97 Å². The molecule has 0 unspecified atom stereocenters. The average Bonchev–Trinajstić information content (AvgIpc) is 2.75. The molecule has 8 nitrogen and oxygen atoms in total. The van der Waals surface area contributed by atoms with E-state index in [0.717, 1.165) is 18.2 Å². The summed E-state index contributed by atoms with van der Waals surface area (Å²) in [4.78, 5) is 22.1. The SMILES string of the molecule is CCCOc1ccc(/C=C/C(=O)Oc2ccc(/C=C/[N+](=O)[O-])cc2OC)cc1OC. The Morgan fingerprint density at radius 2 is 1.57 bits per heavy atom. The van der Waals surface area contributed by atoms with Crippen molar-refractivity contribution in [2.75, 3.05) is 20.8 Å². The molecule has 8 heteroatoms. The van der Waals surface area contributed by atoms with Gasteiger partial charge in [-0.3, -0.25) is 10.1 Å². The Morgan fingerprint density at radius 1 is 0.967 bits per heavy atom. The van der Waals surface area contributed by atoms with Crippen molar-refractivity contribution in [2.24, 2.45) is 0 Å². The summed E-state index contributed by atoms with van der Waals surface area (Å²) in [5.74, 6) is 1.08. The number of esters is 1. The minimum absolute atomic E-state index is 0.200. The molecule has 0 bridgehead atoms. The van der Waals surface area contributed by atoms with E-state index in [1.54, 1.807) is 37.5 Å². The van der Waals surface area contributed by atoms with E-state index in [0.29, 0.717) is 23.7 Å². The molecular weight excluding hydrogens is 390 g/mol. The third-order valence-corrected chi connectivity index (χ3v) is 3.85. The van der Waals surface area contributed by atoms with Crippen LogP contribution in [-0.4, -0.2) is 31.7 Å². The van der Waals surface area contributed by atoms with E-state index in [9.17, 15) is 14.9 Å². The van der Waals surface area contributed by atoms with Crippen molar-refractivity contribution in [2.45, 2.75) is 13.3 Å². The van der Waals surface area contributed by atoms with Gasteiger partial charge in [0, 0.05) is 12.2 Å². The molecule has 0 amide bonds. The number of ether oxygens (including phenoxy) is 4. The monoisotopic (exact) mass is 413 g/mol. The first-order valence-corrected chi connectivity index (χ1v) is 9.17. The van der Waals surface area contributed by atoms with Crippen molar-refractivity contribution < 1.29 is 28.7 Å². The quantitative estimate of drug-likeness (QED) is 0.188. The molecule has 0 aliphatic heterocycles. The largest absolute Gasteiger partial charge is 0.493 e. The number of hydrogen-bond acceptors (Lipinski definition) is 7. The van der Waals surface area contributed by atoms with Crippen LogP contribution in [-0.2, 0) is 4.79 Å². The third kappa shape index (κ3) is 6.66. The van der Waals surface area contributed by atoms with Crippen LogP contribution in [0, 0.1) is 10.1 Å². The molecule has 0 N–H and O–H groups in total. The lowest BCUT2D eigenvalue weighted by Crippen LogP contribution is -2.05. The molecule has 0 atom stereocenters. The van der Waals surface area contributed by atoms with E-state index < -0.39 is 10.9 Å². The van der Waals surface area contributed by atoms with Crippen LogP contribution in [0.25, 0.3) is 12.2 Å². The van der Waals surface area contributed by atoms with Gasteiger partial charge in [0.15, 0.2) is 23.0 Å². The Bertz CT molecular complexity index is 950. The van der Waals surface area contributed by atoms with Crippen molar-refractivity contribution in [3.05, 3.63) is 69.9 Å². The first kappa shape index (κ1) is 22.5. The van der Waals surface area contributed by atoms with Gasteiger partial charge in [0.05, 0.1) is 25.7 Å². The molecule has 2 aromatic rings. The first-order chi connectivity index (χ1) is 14.5. The van der Waals surface area contributed by atoms with Crippen molar-refractivity contribution in [3.63, 3.8) is 0 Å². The Kier molecular flexibility index (Phi) is 8.43. The van der Waals surface area contributed by atoms with Crippen LogP contribution in [0.5, 0.6) is 23.0 Å². The lowest BCUT2D eigenvalue weighted by atomic mass is 10.2. The topological polar surface area (TPSA) is 97.1 Å². The minimum Gasteiger partial charge on any atom is -0.493 e. The molecule has 0 aliphatic carbocycles. The maximum atomic E-state index is 12.2. The molecule has 0 heterocycles. The minimum atomic E-state index is -0.604. The molecule has 0 saturated carbocycles. The molecular formula is C22H23NO7. The lowest BCUT2D eigenvalue weighted by Gasteiger charge is -2.10. The fourth-order valence-corrected chi connectivity index (χ4v) is 2.44. The number of methoxy groups -OCH3 is 2. The van der Waals surface area contributed by atoms with E-state index in [4.69, 9.17) is 18.9 Å². The van der Waals surface area contributed by atoms with Crippen LogP contribution in [0.15, 0.2) is 48.7 Å². The van der Waals surface area contributed by atoms with Gasteiger partial charge in [-0.15, -0.1) is 0 Å². The molecule has 2 aromatic carbocycles. The van der Waals surface area contributed by atoms with Gasteiger partial charge in [0.1, 0.15) is 0 Å². The number of nitrogens with zero attached hydrogens (tertiary/aromatic N) is 1. The zero-order valence-corrected chi connectivity index (χ0v) is 17.0. The Labute approximate surface area is 174 Å². The van der Waals surface area contributed by atoms with E-state index in [-0.39, 0.29) is 11.5 Å². The highest BCUT2D eigenvalue weighted by atomic mass is 16.6. The number of rotatable bonds is 10. The second-order valence-corrected chi connectivity index (χ2v) is 6.02. The van der Waals surface area contributed by atoms with Crippen LogP contribution < -0.4 is 18.9 Å². The number of carbonyl (C=O) groups excluding carboxylic acids is 1. The Balaban J connectivity index is 2.09. The van der Waals surface area contributed by atoms with E-state index in [1.165, 1.54) is 31.4 Å². The summed E-state index contributed by atoms with van der Waals surface area (Å²) in [6, 6.07) is 9.95. The molecule has 0 aromatic heterocycles. The van der Waals surface area contributed by atoms with Crippen molar-refractivity contribution >= 4 is 18.1 Å². The fourth-order valence-electron chi connectivity index (χ4n) is 2.44. The standard InChI is InChI=1S/C22H23NO7/c1-4-13-29-18-8-5-16(14-20(18)27-2)7-10-22(24)30-19-9-6-17(11-12-23(25)26)15-21(19)28-3/h5-12,14-15H,4,13H2,1-3H3/b10-7+,12-11+. The molecule has 158 valence electrons. The number of nitro groups is 1. The van der Waals surface area contributed by atoms with E-state index in [1.807, 2.05) is 6.92 Å². The smallest absolute Gasteiger partial charge is 0.336 e. The summed E-state index contributed by atoms with van der Waals surface area (Å²) in [6.45, 7) is 2.60. The van der Waals surface area contributed by atoms with Gasteiger partial charge in [-0.2, -0.15) is 0 Å². The van der Waals surface area contributed by atoms with Gasteiger partial charge in [-0.1, -0.05) is 19.1 Å². The summed E-state index contributed by atoms with van der Waals surface area (Å²) < 4.78 is 21.4. The fraction of sp³-hybridized carbons (Fsp3) is 0.227. The second kappa shape index (κ2) is 11.3. The summed E-state index contributed by atoms with van der Waals surface area (Å²) in [5.41, 5.74) is 1.27. The number of carbonyl (C=O) groups is 1. The van der Waals surface area contributed by atoms with Gasteiger partial charge in [0.25, 0.3) is 0 Å². The van der Waals surface area contributed by atoms with Gasteiger partial charge in [-0.05, 0) is 47.9 Å². The third-order valence-electron chi connectivity index (χ3n) is 3.85. The zero-order chi connectivity index (χ0) is 21.9. The zero-order valence-electron chi connectivity index (χ0n) is 17.0. The van der Waals surface area contributed by atoms with Crippen LogP contribution in [0.2, 0.25) is 0 Å². The molecule has 0 spiro atoms. The van der Waals surface area contributed by atoms with Crippen molar-refractivity contribution in [3.8, 4) is 23.0 Å². The Morgan fingerprint density at radius 3 is 2.17 bits per heavy atom. The molecule has 30 heavy (non-hydrogen) atoms. The van der Waals surface area contributed by atoms with Crippen molar-refractivity contribution in [1.82, 2.24) is 0 Å². The van der Waals surface area contributed by atoms with Crippen LogP contribution in [0.3, 0.4) is 0 Å². The number of benzene rings is 2. The predicted molar refractivity (Wildman–Crippen MR) is 112 cm³/mol. The van der Waals surface area contributed by atoms with E-state index in [2.05, 4.69) is 0 Å². The average molecular weight is 413 g/mol. The predicted octanol–water partition coefficient (Wildman–Crippen LogP) is 4.36. The van der Waals surface area contributed by atoms with Gasteiger partial charge in [0.2, 0.25) is 6.20 Å². The summed E-state index contributed by atoms with van der Waals surface area (Å²) in [5, 5.41) is 10.4. The van der Waals surface area contributed by atoms with Crippen LogP contribution >= 0.6 is 0 Å². The number of hydrogen-bond donors (Lipinski definition) is 0. The van der Waals surface area contributed by atoms with E-state index >= 15 is 0 Å². The first-order valence-electron chi connectivity index (χ1n) is 9.17. The van der Waals surface area contributed by atoms with Crippen LogP contribution in [0.1, 0.15) is 24.5 Å². The lowest BCUT2D eigenvalue weighted by molar-refractivity contribution is -0.400. The summed E-state index contributed by atoms with van der Waals surface area (Å²) in [6.07, 6.45) is 5.88. The molecule has 0 fully saturated rings. The van der Waals surface area contributed by atoms with Crippen LogP contribution in [0.4, 0.5) is 0 Å². The molecule has 0 radical (unpaired) electrons.